The van der Waals surface area contributed by atoms with Crippen molar-refractivity contribution in [2.45, 2.75) is 18.2 Å². The van der Waals surface area contributed by atoms with E-state index in [-0.39, 0.29) is 10.8 Å². The molecule has 5 nitrogen and oxygen atoms in total. The highest BCUT2D eigenvalue weighted by atomic mass is 32.2. The van der Waals surface area contributed by atoms with Crippen LogP contribution in [0.1, 0.15) is 22.2 Å². The number of thiophene rings is 1. The summed E-state index contributed by atoms with van der Waals surface area (Å²) in [6.07, 6.45) is 0.651. The van der Waals surface area contributed by atoms with Gasteiger partial charge in [0.15, 0.2) is 0 Å². The van der Waals surface area contributed by atoms with E-state index < -0.39 is 10.0 Å². The standard InChI is InChI=1S/C15H18N2O3S2/c1-2-17-22(19,20)13-7-5-12(6-8-13)9-10-16-15(18)14-4-3-11-21-14/h3-8,11,17H,2,9-10H2,1H3,(H,16,18). The SMILES string of the molecule is CCNS(=O)(=O)c1ccc(CCNC(=O)c2cccs2)cc1. The van der Waals surface area contributed by atoms with Crippen LogP contribution in [0.3, 0.4) is 0 Å². The number of carbonyl (C=O) groups is 1. The fourth-order valence-electron chi connectivity index (χ4n) is 1.92. The molecule has 0 aliphatic carbocycles. The van der Waals surface area contributed by atoms with Gasteiger partial charge in [-0.05, 0) is 35.6 Å². The molecular weight excluding hydrogens is 320 g/mol. The zero-order valence-electron chi connectivity index (χ0n) is 12.2. The monoisotopic (exact) mass is 338 g/mol. The van der Waals surface area contributed by atoms with E-state index in [1.54, 1.807) is 37.3 Å². The Balaban J connectivity index is 1.88. The minimum absolute atomic E-state index is 0.0821. The second kappa shape index (κ2) is 7.53. The molecule has 0 bridgehead atoms. The van der Waals surface area contributed by atoms with Gasteiger partial charge in [0.1, 0.15) is 0 Å². The smallest absolute Gasteiger partial charge is 0.261 e. The van der Waals surface area contributed by atoms with E-state index in [4.69, 9.17) is 0 Å². The quantitative estimate of drug-likeness (QED) is 0.811. The molecule has 2 N–H and O–H groups in total. The number of benzene rings is 1. The largest absolute Gasteiger partial charge is 0.351 e. The summed E-state index contributed by atoms with van der Waals surface area (Å²) in [5.74, 6) is -0.0821. The molecule has 0 fully saturated rings. The molecule has 1 aromatic heterocycles. The van der Waals surface area contributed by atoms with Gasteiger partial charge in [-0.15, -0.1) is 11.3 Å². The lowest BCUT2D eigenvalue weighted by atomic mass is 10.1. The van der Waals surface area contributed by atoms with E-state index in [0.717, 1.165) is 5.56 Å². The molecule has 0 atom stereocenters. The molecule has 2 rings (SSSR count). The van der Waals surface area contributed by atoms with E-state index in [2.05, 4.69) is 10.0 Å². The summed E-state index contributed by atoms with van der Waals surface area (Å²) < 4.78 is 26.1. The number of hydrogen-bond donors (Lipinski definition) is 2. The second-order valence-corrected chi connectivity index (χ2v) is 7.34. The zero-order chi connectivity index (χ0) is 16.0. The Morgan fingerprint density at radius 1 is 1.18 bits per heavy atom. The third-order valence-corrected chi connectivity index (χ3v) is 5.44. The van der Waals surface area contributed by atoms with E-state index in [1.165, 1.54) is 11.3 Å². The van der Waals surface area contributed by atoms with Crippen LogP contribution < -0.4 is 10.0 Å². The van der Waals surface area contributed by atoms with Crippen molar-refractivity contribution >= 4 is 27.3 Å². The van der Waals surface area contributed by atoms with Crippen molar-refractivity contribution in [1.29, 1.82) is 0 Å². The molecule has 22 heavy (non-hydrogen) atoms. The normalized spacial score (nSPS) is 11.3. The Morgan fingerprint density at radius 2 is 1.91 bits per heavy atom. The minimum Gasteiger partial charge on any atom is -0.351 e. The number of hydrogen-bond acceptors (Lipinski definition) is 4. The molecule has 0 saturated carbocycles. The average Bonchev–Trinajstić information content (AvgIpc) is 3.02. The van der Waals surface area contributed by atoms with Crippen LogP contribution in [-0.2, 0) is 16.4 Å². The van der Waals surface area contributed by atoms with Crippen molar-refractivity contribution in [3.63, 3.8) is 0 Å². The predicted molar refractivity (Wildman–Crippen MR) is 87.7 cm³/mol. The van der Waals surface area contributed by atoms with E-state index >= 15 is 0 Å². The summed E-state index contributed by atoms with van der Waals surface area (Å²) in [7, 11) is -3.41. The molecule has 0 radical (unpaired) electrons. The molecule has 1 amide bonds. The first-order valence-electron chi connectivity index (χ1n) is 6.93. The van der Waals surface area contributed by atoms with Crippen LogP contribution >= 0.6 is 11.3 Å². The van der Waals surface area contributed by atoms with Crippen LogP contribution in [0.5, 0.6) is 0 Å². The van der Waals surface area contributed by atoms with Gasteiger partial charge >= 0.3 is 0 Å². The van der Waals surface area contributed by atoms with Gasteiger partial charge in [-0.25, -0.2) is 13.1 Å². The Labute approximate surface area is 134 Å². The van der Waals surface area contributed by atoms with E-state index in [0.29, 0.717) is 24.4 Å². The molecule has 0 spiro atoms. The first-order chi connectivity index (χ1) is 10.5. The highest BCUT2D eigenvalue weighted by Crippen LogP contribution is 2.11. The average molecular weight is 338 g/mol. The van der Waals surface area contributed by atoms with Gasteiger partial charge in [0.25, 0.3) is 5.91 Å². The number of carbonyl (C=O) groups excluding carboxylic acids is 1. The maximum absolute atomic E-state index is 11.8. The van der Waals surface area contributed by atoms with Crippen LogP contribution in [0.15, 0.2) is 46.7 Å². The van der Waals surface area contributed by atoms with Gasteiger partial charge in [-0.1, -0.05) is 25.1 Å². The zero-order valence-corrected chi connectivity index (χ0v) is 13.8. The predicted octanol–water partition coefficient (Wildman–Crippen LogP) is 2.02. The lowest BCUT2D eigenvalue weighted by Gasteiger charge is -2.07. The number of rotatable bonds is 7. The van der Waals surface area contributed by atoms with Crippen LogP contribution in [-0.4, -0.2) is 27.4 Å². The van der Waals surface area contributed by atoms with Crippen LogP contribution in [0.25, 0.3) is 0 Å². The van der Waals surface area contributed by atoms with E-state index in [9.17, 15) is 13.2 Å². The van der Waals surface area contributed by atoms with Gasteiger partial charge in [0, 0.05) is 13.1 Å². The molecule has 2 aromatic rings. The van der Waals surface area contributed by atoms with Gasteiger partial charge in [0.05, 0.1) is 9.77 Å². The highest BCUT2D eigenvalue weighted by molar-refractivity contribution is 7.89. The summed E-state index contributed by atoms with van der Waals surface area (Å²) in [6.45, 7) is 2.61. The molecule has 0 aliphatic heterocycles. The van der Waals surface area contributed by atoms with Crippen molar-refractivity contribution in [3.8, 4) is 0 Å². The summed E-state index contributed by atoms with van der Waals surface area (Å²) in [4.78, 5) is 12.7. The lowest BCUT2D eigenvalue weighted by molar-refractivity contribution is 0.0958. The minimum atomic E-state index is -3.41. The molecule has 0 unspecified atom stereocenters. The Morgan fingerprint density at radius 3 is 2.50 bits per heavy atom. The Bertz CT molecular complexity index is 708. The van der Waals surface area contributed by atoms with Gasteiger partial charge in [-0.2, -0.15) is 0 Å². The van der Waals surface area contributed by atoms with Crippen LogP contribution in [0.2, 0.25) is 0 Å². The first-order valence-corrected chi connectivity index (χ1v) is 9.29. The molecule has 118 valence electrons. The molecule has 7 heteroatoms. The fraction of sp³-hybridized carbons (Fsp3) is 0.267. The Hall–Kier alpha value is -1.70. The summed E-state index contributed by atoms with van der Waals surface area (Å²) in [5, 5.41) is 4.70. The maximum Gasteiger partial charge on any atom is 0.261 e. The number of nitrogens with one attached hydrogen (secondary N) is 2. The van der Waals surface area contributed by atoms with Crippen molar-refractivity contribution < 1.29 is 13.2 Å². The summed E-state index contributed by atoms with van der Waals surface area (Å²) in [6, 6.07) is 10.3. The van der Waals surface area contributed by atoms with Crippen LogP contribution in [0.4, 0.5) is 0 Å². The molecular formula is C15H18N2O3S2. The van der Waals surface area contributed by atoms with Crippen molar-refractivity contribution in [2.75, 3.05) is 13.1 Å². The van der Waals surface area contributed by atoms with Crippen LogP contribution in [0, 0.1) is 0 Å². The highest BCUT2D eigenvalue weighted by Gasteiger charge is 2.12. The molecule has 1 heterocycles. The third kappa shape index (κ3) is 4.40. The van der Waals surface area contributed by atoms with E-state index in [1.807, 2.05) is 11.4 Å². The molecule has 0 aliphatic rings. The fourth-order valence-corrected chi connectivity index (χ4v) is 3.61. The third-order valence-electron chi connectivity index (χ3n) is 3.01. The molecule has 0 saturated heterocycles. The van der Waals surface area contributed by atoms with Crippen molar-refractivity contribution in [3.05, 3.63) is 52.2 Å². The maximum atomic E-state index is 11.8. The molecule has 1 aromatic carbocycles. The lowest BCUT2D eigenvalue weighted by Crippen LogP contribution is -2.25. The van der Waals surface area contributed by atoms with Crippen molar-refractivity contribution in [1.82, 2.24) is 10.0 Å². The number of sulfonamides is 1. The number of amides is 1. The van der Waals surface area contributed by atoms with Gasteiger partial charge < -0.3 is 5.32 Å². The Kier molecular flexibility index (Phi) is 5.70. The first kappa shape index (κ1) is 16.7. The topological polar surface area (TPSA) is 75.3 Å². The van der Waals surface area contributed by atoms with Crippen molar-refractivity contribution in [2.24, 2.45) is 0 Å². The summed E-state index contributed by atoms with van der Waals surface area (Å²) in [5.41, 5.74) is 0.974. The summed E-state index contributed by atoms with van der Waals surface area (Å²) >= 11 is 1.40. The van der Waals surface area contributed by atoms with Gasteiger partial charge in [0.2, 0.25) is 10.0 Å². The second-order valence-electron chi connectivity index (χ2n) is 4.63. The van der Waals surface area contributed by atoms with Gasteiger partial charge in [-0.3, -0.25) is 4.79 Å².